The topological polar surface area (TPSA) is 76.5 Å². The van der Waals surface area contributed by atoms with Gasteiger partial charge in [0.2, 0.25) is 0 Å². The molecule has 1 aromatic heterocycles. The van der Waals surface area contributed by atoms with Gasteiger partial charge in [0.1, 0.15) is 0 Å². The van der Waals surface area contributed by atoms with Gasteiger partial charge in [-0.1, -0.05) is 6.07 Å². The van der Waals surface area contributed by atoms with Gasteiger partial charge in [-0.25, -0.2) is 4.68 Å². The number of hydrogen-bond acceptors (Lipinski definition) is 4. The Bertz CT molecular complexity index is 1070. The fraction of sp³-hybridized carbons (Fsp3) is 0.261. The second kappa shape index (κ2) is 8.51. The van der Waals surface area contributed by atoms with Gasteiger partial charge in [0.05, 0.1) is 18.9 Å². The Kier molecular flexibility index (Phi) is 5.63. The van der Waals surface area contributed by atoms with Gasteiger partial charge >= 0.3 is 0 Å². The summed E-state index contributed by atoms with van der Waals surface area (Å²) < 4.78 is 7.14. The summed E-state index contributed by atoms with van der Waals surface area (Å²) in [7, 11) is 0. The number of aryl methyl sites for hydroxylation is 1. The van der Waals surface area contributed by atoms with E-state index < -0.39 is 0 Å². The van der Waals surface area contributed by atoms with Crippen LogP contribution in [0.4, 0.5) is 5.69 Å². The minimum Gasteiger partial charge on any atom is -0.378 e. The second-order valence-electron chi connectivity index (χ2n) is 7.27. The molecule has 1 N–H and O–H groups in total. The van der Waals surface area contributed by atoms with Gasteiger partial charge in [-0.05, 0) is 61.9 Å². The van der Waals surface area contributed by atoms with Crippen LogP contribution in [0, 0.1) is 13.8 Å². The van der Waals surface area contributed by atoms with Gasteiger partial charge in [0.25, 0.3) is 11.8 Å². The van der Waals surface area contributed by atoms with E-state index in [0.29, 0.717) is 43.1 Å². The zero-order valence-electron chi connectivity index (χ0n) is 17.1. The van der Waals surface area contributed by atoms with Crippen LogP contribution in [-0.4, -0.2) is 52.8 Å². The summed E-state index contributed by atoms with van der Waals surface area (Å²) in [5, 5.41) is 7.21. The summed E-state index contributed by atoms with van der Waals surface area (Å²) in [6, 6.07) is 14.6. The van der Waals surface area contributed by atoms with Gasteiger partial charge in [-0.3, -0.25) is 9.59 Å². The lowest BCUT2D eigenvalue weighted by Crippen LogP contribution is -2.41. The maximum Gasteiger partial charge on any atom is 0.255 e. The molecule has 1 aliphatic rings. The molecule has 0 unspecified atom stereocenters. The molecule has 3 aromatic rings. The van der Waals surface area contributed by atoms with Crippen LogP contribution < -0.4 is 5.32 Å². The molecule has 154 valence electrons. The lowest BCUT2D eigenvalue weighted by atomic mass is 10.0. The van der Waals surface area contributed by atoms with Crippen LogP contribution in [0.1, 0.15) is 32.0 Å². The number of rotatable bonds is 4. The third kappa shape index (κ3) is 3.97. The molecule has 0 bridgehead atoms. The van der Waals surface area contributed by atoms with Crippen molar-refractivity contribution in [2.75, 3.05) is 31.6 Å². The van der Waals surface area contributed by atoms with E-state index in [1.807, 2.05) is 42.8 Å². The van der Waals surface area contributed by atoms with Crippen LogP contribution in [-0.2, 0) is 4.74 Å². The molecular weight excluding hydrogens is 380 g/mol. The number of carbonyl (C=O) groups excluding carboxylic acids is 2. The molecule has 7 heteroatoms. The molecule has 0 aliphatic carbocycles. The van der Waals surface area contributed by atoms with Crippen molar-refractivity contribution in [1.29, 1.82) is 0 Å². The molecule has 1 saturated heterocycles. The third-order valence-corrected chi connectivity index (χ3v) is 5.32. The summed E-state index contributed by atoms with van der Waals surface area (Å²) >= 11 is 0. The lowest BCUT2D eigenvalue weighted by Gasteiger charge is -2.27. The van der Waals surface area contributed by atoms with Crippen LogP contribution in [0.3, 0.4) is 0 Å². The van der Waals surface area contributed by atoms with Crippen LogP contribution in [0.2, 0.25) is 0 Å². The Hall–Kier alpha value is -3.45. The van der Waals surface area contributed by atoms with Crippen molar-refractivity contribution < 1.29 is 14.3 Å². The van der Waals surface area contributed by atoms with Crippen molar-refractivity contribution >= 4 is 17.5 Å². The smallest absolute Gasteiger partial charge is 0.255 e. The van der Waals surface area contributed by atoms with E-state index in [1.165, 1.54) is 0 Å². The van der Waals surface area contributed by atoms with E-state index in [1.54, 1.807) is 35.4 Å². The Labute approximate surface area is 175 Å². The van der Waals surface area contributed by atoms with Crippen LogP contribution in [0.25, 0.3) is 5.69 Å². The number of nitrogens with one attached hydrogen (secondary N) is 1. The maximum absolute atomic E-state index is 12.9. The number of nitrogens with zero attached hydrogens (tertiary/aromatic N) is 3. The van der Waals surface area contributed by atoms with Crippen molar-refractivity contribution in [3.05, 3.63) is 77.1 Å². The Morgan fingerprint density at radius 1 is 1.00 bits per heavy atom. The molecule has 30 heavy (non-hydrogen) atoms. The standard InChI is InChI=1S/C23H24N4O3/c1-16-10-11-24-27(16)19-8-6-18(7-9-19)22(28)25-21-5-3-4-20(17(21)2)23(29)26-12-14-30-15-13-26/h3-11H,12-15H2,1-2H3,(H,25,28). The Morgan fingerprint density at radius 2 is 1.73 bits per heavy atom. The highest BCUT2D eigenvalue weighted by molar-refractivity contribution is 6.06. The largest absolute Gasteiger partial charge is 0.378 e. The predicted molar refractivity (Wildman–Crippen MR) is 114 cm³/mol. The summed E-state index contributed by atoms with van der Waals surface area (Å²) in [5.74, 6) is -0.261. The Balaban J connectivity index is 1.50. The maximum atomic E-state index is 12.9. The molecule has 2 amide bonds. The zero-order valence-corrected chi connectivity index (χ0v) is 17.1. The van der Waals surface area contributed by atoms with E-state index in [0.717, 1.165) is 16.9 Å². The average Bonchev–Trinajstić information content (AvgIpc) is 3.21. The fourth-order valence-electron chi connectivity index (χ4n) is 3.53. The van der Waals surface area contributed by atoms with E-state index in [4.69, 9.17) is 4.74 Å². The lowest BCUT2D eigenvalue weighted by molar-refractivity contribution is 0.0302. The highest BCUT2D eigenvalue weighted by atomic mass is 16.5. The monoisotopic (exact) mass is 404 g/mol. The minimum atomic E-state index is -0.224. The van der Waals surface area contributed by atoms with Gasteiger partial charge in [-0.2, -0.15) is 5.10 Å². The van der Waals surface area contributed by atoms with Crippen LogP contribution >= 0.6 is 0 Å². The SMILES string of the molecule is Cc1c(NC(=O)c2ccc(-n3nccc3C)cc2)cccc1C(=O)N1CCOCC1. The molecule has 0 atom stereocenters. The molecule has 1 aliphatic heterocycles. The van der Waals surface area contributed by atoms with E-state index in [-0.39, 0.29) is 11.8 Å². The van der Waals surface area contributed by atoms with Crippen molar-refractivity contribution in [3.63, 3.8) is 0 Å². The molecule has 7 nitrogen and oxygen atoms in total. The Morgan fingerprint density at radius 3 is 2.40 bits per heavy atom. The first-order chi connectivity index (χ1) is 14.5. The highest BCUT2D eigenvalue weighted by Gasteiger charge is 2.21. The first-order valence-corrected chi connectivity index (χ1v) is 9.93. The van der Waals surface area contributed by atoms with E-state index in [9.17, 15) is 9.59 Å². The van der Waals surface area contributed by atoms with Crippen molar-refractivity contribution in [3.8, 4) is 5.69 Å². The molecule has 0 radical (unpaired) electrons. The third-order valence-electron chi connectivity index (χ3n) is 5.32. The normalized spacial score (nSPS) is 13.9. The number of amides is 2. The first-order valence-electron chi connectivity index (χ1n) is 9.93. The molecule has 2 aromatic carbocycles. The number of benzene rings is 2. The number of carbonyl (C=O) groups is 2. The summed E-state index contributed by atoms with van der Waals surface area (Å²) in [6.45, 7) is 6.09. The first kappa shape index (κ1) is 19.8. The van der Waals surface area contributed by atoms with E-state index in [2.05, 4.69) is 10.4 Å². The van der Waals surface area contributed by atoms with Gasteiger partial charge in [-0.15, -0.1) is 0 Å². The molecule has 0 saturated carbocycles. The zero-order chi connectivity index (χ0) is 21.1. The fourth-order valence-corrected chi connectivity index (χ4v) is 3.53. The number of aromatic nitrogens is 2. The van der Waals surface area contributed by atoms with E-state index >= 15 is 0 Å². The summed E-state index contributed by atoms with van der Waals surface area (Å²) in [4.78, 5) is 27.4. The molecular formula is C23H24N4O3. The number of ether oxygens (including phenoxy) is 1. The number of anilines is 1. The summed E-state index contributed by atoms with van der Waals surface area (Å²) in [5.41, 5.74) is 4.43. The van der Waals surface area contributed by atoms with Crippen molar-refractivity contribution in [2.24, 2.45) is 0 Å². The second-order valence-corrected chi connectivity index (χ2v) is 7.27. The molecule has 1 fully saturated rings. The predicted octanol–water partition coefficient (Wildman–Crippen LogP) is 3.21. The molecule has 4 rings (SSSR count). The van der Waals surface area contributed by atoms with Crippen LogP contribution in [0.15, 0.2) is 54.7 Å². The van der Waals surface area contributed by atoms with Crippen LogP contribution in [0.5, 0.6) is 0 Å². The van der Waals surface area contributed by atoms with Crippen molar-refractivity contribution in [2.45, 2.75) is 13.8 Å². The molecule has 0 spiro atoms. The molecule has 2 heterocycles. The quantitative estimate of drug-likeness (QED) is 0.724. The summed E-state index contributed by atoms with van der Waals surface area (Å²) in [6.07, 6.45) is 1.74. The highest BCUT2D eigenvalue weighted by Crippen LogP contribution is 2.22. The number of morpholine rings is 1. The van der Waals surface area contributed by atoms with Gasteiger partial charge < -0.3 is 15.0 Å². The average molecular weight is 404 g/mol. The minimum absolute atomic E-state index is 0.0363. The van der Waals surface area contributed by atoms with Crippen molar-refractivity contribution in [1.82, 2.24) is 14.7 Å². The van der Waals surface area contributed by atoms with Gasteiger partial charge in [0, 0.05) is 41.8 Å². The van der Waals surface area contributed by atoms with Gasteiger partial charge in [0.15, 0.2) is 0 Å². The number of hydrogen-bond donors (Lipinski definition) is 1.